The second-order valence-electron chi connectivity index (χ2n) is 5.87. The molecule has 0 unspecified atom stereocenters. The van der Waals surface area contributed by atoms with Crippen LogP contribution in [-0.2, 0) is 4.79 Å². The van der Waals surface area contributed by atoms with E-state index in [2.05, 4.69) is 31.0 Å². The van der Waals surface area contributed by atoms with Crippen molar-refractivity contribution in [2.75, 3.05) is 0 Å². The van der Waals surface area contributed by atoms with Crippen LogP contribution in [-0.4, -0.2) is 15.3 Å². The molecule has 23 heavy (non-hydrogen) atoms. The lowest BCUT2D eigenvalue weighted by Gasteiger charge is -2.11. The van der Waals surface area contributed by atoms with Crippen LogP contribution in [0, 0.1) is 13.8 Å². The summed E-state index contributed by atoms with van der Waals surface area (Å²) < 4.78 is 1.42. The van der Waals surface area contributed by atoms with Gasteiger partial charge in [0.1, 0.15) is 4.83 Å². The molecule has 118 valence electrons. The van der Waals surface area contributed by atoms with Gasteiger partial charge in [-0.3, -0.25) is 14.2 Å². The molecule has 1 atom stereocenters. The van der Waals surface area contributed by atoms with Crippen molar-refractivity contribution in [3.05, 3.63) is 51.4 Å². The number of carbonyl (C=O) groups excluding carboxylic acids is 1. The van der Waals surface area contributed by atoms with Gasteiger partial charge in [0.05, 0.1) is 17.8 Å². The summed E-state index contributed by atoms with van der Waals surface area (Å²) in [6.07, 6.45) is 1.47. The molecule has 3 aromatic rings. The van der Waals surface area contributed by atoms with Crippen LogP contribution in [0.3, 0.4) is 0 Å². The number of thiophene rings is 1. The minimum absolute atomic E-state index is 0.0591. The van der Waals surface area contributed by atoms with E-state index in [0.29, 0.717) is 10.2 Å². The van der Waals surface area contributed by atoms with Crippen molar-refractivity contribution in [1.82, 2.24) is 9.55 Å². The summed E-state index contributed by atoms with van der Waals surface area (Å²) in [7, 11) is 0. The van der Waals surface area contributed by atoms with E-state index in [-0.39, 0.29) is 11.3 Å². The van der Waals surface area contributed by atoms with Crippen molar-refractivity contribution in [2.24, 2.45) is 0 Å². The van der Waals surface area contributed by atoms with Gasteiger partial charge < -0.3 is 0 Å². The minimum Gasteiger partial charge on any atom is -0.298 e. The van der Waals surface area contributed by atoms with E-state index in [1.807, 2.05) is 11.4 Å². The van der Waals surface area contributed by atoms with Gasteiger partial charge >= 0.3 is 0 Å². The zero-order chi connectivity index (χ0) is 16.7. The normalized spacial score (nSPS) is 12.5. The molecule has 2 heterocycles. The Hall–Kier alpha value is -2.27. The molecule has 0 bridgehead atoms. The molecule has 0 saturated carbocycles. The number of benzene rings is 1. The molecular weight excluding hydrogens is 308 g/mol. The number of hydrogen-bond acceptors (Lipinski definition) is 4. The van der Waals surface area contributed by atoms with Crippen molar-refractivity contribution in [3.63, 3.8) is 0 Å². The summed E-state index contributed by atoms with van der Waals surface area (Å²) >= 11 is 1.45. The van der Waals surface area contributed by atoms with E-state index >= 15 is 0 Å². The van der Waals surface area contributed by atoms with Crippen molar-refractivity contribution < 1.29 is 4.79 Å². The summed E-state index contributed by atoms with van der Waals surface area (Å²) in [5.74, 6) is -0.0591. The van der Waals surface area contributed by atoms with Gasteiger partial charge in [0.25, 0.3) is 5.56 Å². The Morgan fingerprint density at radius 1 is 1.26 bits per heavy atom. The monoisotopic (exact) mass is 326 g/mol. The molecule has 2 aromatic heterocycles. The van der Waals surface area contributed by atoms with Crippen LogP contribution < -0.4 is 5.56 Å². The maximum absolute atomic E-state index is 12.9. The highest BCUT2D eigenvalue weighted by Crippen LogP contribution is 2.31. The number of rotatable bonds is 3. The summed E-state index contributed by atoms with van der Waals surface area (Å²) in [6, 6.07) is 5.66. The third-order valence-electron chi connectivity index (χ3n) is 4.34. The second kappa shape index (κ2) is 5.74. The lowest BCUT2D eigenvalue weighted by Crippen LogP contribution is -2.27. The Morgan fingerprint density at radius 3 is 2.65 bits per heavy atom. The molecular formula is C18H18N2O2S. The first-order valence-electron chi connectivity index (χ1n) is 7.46. The van der Waals surface area contributed by atoms with Crippen LogP contribution in [0.4, 0.5) is 0 Å². The number of fused-ring (bicyclic) bond motifs is 1. The first-order chi connectivity index (χ1) is 10.9. The smallest absolute Gasteiger partial charge is 0.263 e. The molecule has 5 heteroatoms. The van der Waals surface area contributed by atoms with Crippen LogP contribution in [0.1, 0.15) is 31.0 Å². The van der Waals surface area contributed by atoms with Crippen LogP contribution in [0.15, 0.2) is 34.7 Å². The fourth-order valence-electron chi connectivity index (χ4n) is 2.54. The predicted octanol–water partition coefficient (Wildman–Crippen LogP) is 3.89. The molecule has 1 aromatic carbocycles. The standard InChI is InChI=1S/C18H18N2O2S/c1-10-5-6-14(7-11(10)2)15-8-23-17-16(15)18(22)20(9-19-17)12(3)13(4)21/h5-9,12H,1-4H3/t12-/m0/s1. The maximum atomic E-state index is 12.9. The first-order valence-corrected chi connectivity index (χ1v) is 8.34. The van der Waals surface area contributed by atoms with Crippen molar-refractivity contribution >= 4 is 27.3 Å². The molecule has 0 aliphatic rings. The van der Waals surface area contributed by atoms with Crippen molar-refractivity contribution in [1.29, 1.82) is 0 Å². The third kappa shape index (κ3) is 2.61. The van der Waals surface area contributed by atoms with E-state index in [0.717, 1.165) is 11.1 Å². The molecule has 0 fully saturated rings. The van der Waals surface area contributed by atoms with Gasteiger partial charge in [-0.2, -0.15) is 0 Å². The number of carbonyl (C=O) groups is 1. The van der Waals surface area contributed by atoms with Gasteiger partial charge in [-0.05, 0) is 44.4 Å². The number of nitrogens with zero attached hydrogens (tertiary/aromatic N) is 2. The largest absolute Gasteiger partial charge is 0.298 e. The van der Waals surface area contributed by atoms with Crippen LogP contribution >= 0.6 is 11.3 Å². The number of ketones is 1. The summed E-state index contributed by atoms with van der Waals surface area (Å²) in [6.45, 7) is 7.33. The van der Waals surface area contributed by atoms with E-state index in [4.69, 9.17) is 0 Å². The fourth-order valence-corrected chi connectivity index (χ4v) is 3.45. The van der Waals surface area contributed by atoms with Gasteiger partial charge in [-0.25, -0.2) is 4.98 Å². The first kappa shape index (κ1) is 15.6. The summed E-state index contributed by atoms with van der Waals surface area (Å²) in [4.78, 5) is 29.5. The van der Waals surface area contributed by atoms with Crippen LogP contribution in [0.5, 0.6) is 0 Å². The summed E-state index contributed by atoms with van der Waals surface area (Å²) in [5, 5.41) is 2.56. The number of Topliss-reactive ketones (excluding diaryl/α,β-unsaturated/α-hetero) is 1. The molecule has 0 spiro atoms. The van der Waals surface area contributed by atoms with E-state index in [9.17, 15) is 9.59 Å². The molecule has 0 aliphatic carbocycles. The molecule has 0 N–H and O–H groups in total. The second-order valence-corrected chi connectivity index (χ2v) is 6.73. The van der Waals surface area contributed by atoms with Gasteiger partial charge in [-0.1, -0.05) is 18.2 Å². The fraction of sp³-hybridized carbons (Fsp3) is 0.278. The molecule has 0 amide bonds. The quantitative estimate of drug-likeness (QED) is 0.733. The maximum Gasteiger partial charge on any atom is 0.263 e. The highest BCUT2D eigenvalue weighted by molar-refractivity contribution is 7.17. The Morgan fingerprint density at radius 2 is 2.00 bits per heavy atom. The highest BCUT2D eigenvalue weighted by Gasteiger charge is 2.18. The minimum atomic E-state index is -0.507. The summed E-state index contributed by atoms with van der Waals surface area (Å²) in [5.41, 5.74) is 4.13. The molecule has 0 radical (unpaired) electrons. The van der Waals surface area contributed by atoms with Crippen LogP contribution in [0.2, 0.25) is 0 Å². The third-order valence-corrected chi connectivity index (χ3v) is 5.23. The SMILES string of the molecule is CC(=O)[C@H](C)n1cnc2scc(-c3ccc(C)c(C)c3)c2c1=O. The Balaban J connectivity index is 2.27. The number of hydrogen-bond donors (Lipinski definition) is 0. The van der Waals surface area contributed by atoms with Crippen molar-refractivity contribution in [3.8, 4) is 11.1 Å². The van der Waals surface area contributed by atoms with E-state index in [1.54, 1.807) is 6.92 Å². The number of aryl methyl sites for hydroxylation is 2. The Labute approximate surface area is 138 Å². The van der Waals surface area contributed by atoms with Gasteiger partial charge in [0.2, 0.25) is 0 Å². The van der Waals surface area contributed by atoms with Crippen molar-refractivity contribution in [2.45, 2.75) is 33.7 Å². The zero-order valence-corrected chi connectivity index (χ0v) is 14.4. The predicted molar refractivity (Wildman–Crippen MR) is 94.2 cm³/mol. The van der Waals surface area contributed by atoms with Gasteiger partial charge in [0.15, 0.2) is 5.78 Å². The number of aromatic nitrogens is 2. The highest BCUT2D eigenvalue weighted by atomic mass is 32.1. The average molecular weight is 326 g/mol. The molecule has 3 rings (SSSR count). The van der Waals surface area contributed by atoms with E-state index < -0.39 is 6.04 Å². The average Bonchev–Trinajstić information content (AvgIpc) is 2.94. The van der Waals surface area contributed by atoms with Crippen LogP contribution in [0.25, 0.3) is 21.3 Å². The molecule has 4 nitrogen and oxygen atoms in total. The zero-order valence-electron chi connectivity index (χ0n) is 13.6. The molecule has 0 saturated heterocycles. The topological polar surface area (TPSA) is 52.0 Å². The van der Waals surface area contributed by atoms with E-state index in [1.165, 1.54) is 40.3 Å². The Bertz CT molecular complexity index is 969. The lowest BCUT2D eigenvalue weighted by atomic mass is 10.0. The lowest BCUT2D eigenvalue weighted by molar-refractivity contribution is -0.119. The van der Waals surface area contributed by atoms with Gasteiger partial charge in [-0.15, -0.1) is 11.3 Å². The molecule has 0 aliphatic heterocycles. The van der Waals surface area contributed by atoms with Gasteiger partial charge in [0, 0.05) is 10.9 Å². The Kier molecular flexibility index (Phi) is 3.90.